The molecule has 0 unspecified atom stereocenters. The van der Waals surface area contributed by atoms with E-state index in [-0.39, 0.29) is 5.91 Å². The van der Waals surface area contributed by atoms with Crippen molar-refractivity contribution >= 4 is 17.3 Å². The number of nitrogens with one attached hydrogen (secondary N) is 2. The van der Waals surface area contributed by atoms with E-state index in [1.165, 1.54) is 0 Å². The van der Waals surface area contributed by atoms with Crippen molar-refractivity contribution in [2.24, 2.45) is 0 Å². The predicted octanol–water partition coefficient (Wildman–Crippen LogP) is 4.10. The van der Waals surface area contributed by atoms with Gasteiger partial charge >= 0.3 is 0 Å². The van der Waals surface area contributed by atoms with Crippen LogP contribution in [0.2, 0.25) is 0 Å². The van der Waals surface area contributed by atoms with Crippen LogP contribution in [0.3, 0.4) is 0 Å². The highest BCUT2D eigenvalue weighted by atomic mass is 16.5. The molecule has 26 heavy (non-hydrogen) atoms. The fraction of sp³-hybridized carbons (Fsp3) is 0.143. The number of anilines is 2. The van der Waals surface area contributed by atoms with E-state index < -0.39 is 0 Å². The molecule has 0 fully saturated rings. The fourth-order valence-corrected chi connectivity index (χ4v) is 2.38. The van der Waals surface area contributed by atoms with Crippen LogP contribution in [0.15, 0.2) is 79.1 Å². The number of carbonyl (C=O) groups excluding carboxylic acids is 1. The molecular weight excluding hydrogens is 326 g/mol. The first-order valence-electron chi connectivity index (χ1n) is 8.50. The number of benzene rings is 2. The van der Waals surface area contributed by atoms with Crippen LogP contribution in [0.25, 0.3) is 0 Å². The van der Waals surface area contributed by atoms with Gasteiger partial charge in [-0.15, -0.1) is 0 Å². The van der Waals surface area contributed by atoms with Crippen molar-refractivity contribution in [1.29, 1.82) is 0 Å². The number of nitrogens with zero attached hydrogens (tertiary/aromatic N) is 1. The highest BCUT2D eigenvalue weighted by Crippen LogP contribution is 2.15. The maximum atomic E-state index is 12.0. The number of hydrogen-bond acceptors (Lipinski definition) is 4. The van der Waals surface area contributed by atoms with Crippen molar-refractivity contribution in [1.82, 2.24) is 4.98 Å². The summed E-state index contributed by atoms with van der Waals surface area (Å²) in [6.45, 7) is 1.08. The van der Waals surface area contributed by atoms with Gasteiger partial charge in [-0.2, -0.15) is 0 Å². The summed E-state index contributed by atoms with van der Waals surface area (Å²) in [5.74, 6) is 0.698. The summed E-state index contributed by atoms with van der Waals surface area (Å²) in [5, 5.41) is 6.21. The summed E-state index contributed by atoms with van der Waals surface area (Å²) in [6.07, 6.45) is 3.85. The molecule has 0 spiro atoms. The van der Waals surface area contributed by atoms with Crippen molar-refractivity contribution in [3.63, 3.8) is 0 Å². The highest BCUT2D eigenvalue weighted by molar-refractivity contribution is 5.90. The Morgan fingerprint density at radius 2 is 1.58 bits per heavy atom. The lowest BCUT2D eigenvalue weighted by molar-refractivity contribution is -0.116. The minimum Gasteiger partial charge on any atom is -0.493 e. The number of para-hydroxylation sites is 1. The second-order valence-electron chi connectivity index (χ2n) is 5.75. The Morgan fingerprint density at radius 3 is 2.31 bits per heavy atom. The zero-order valence-corrected chi connectivity index (χ0v) is 14.4. The molecule has 0 saturated carbocycles. The lowest BCUT2D eigenvalue weighted by Crippen LogP contribution is -2.15. The van der Waals surface area contributed by atoms with E-state index in [0.717, 1.165) is 29.2 Å². The molecular formula is C21H21N3O2. The maximum Gasteiger partial charge on any atom is 0.227 e. The zero-order valence-electron chi connectivity index (χ0n) is 14.4. The van der Waals surface area contributed by atoms with Crippen molar-refractivity contribution in [3.8, 4) is 5.75 Å². The molecule has 3 aromatic rings. The number of hydrogen-bond donors (Lipinski definition) is 2. The number of ether oxygens (including phenoxy) is 1. The van der Waals surface area contributed by atoms with Crippen molar-refractivity contribution in [2.45, 2.75) is 13.0 Å². The average Bonchev–Trinajstić information content (AvgIpc) is 2.69. The monoisotopic (exact) mass is 347 g/mol. The van der Waals surface area contributed by atoms with Crippen LogP contribution in [0, 0.1) is 0 Å². The number of pyridine rings is 1. The molecule has 0 bridgehead atoms. The summed E-state index contributed by atoms with van der Waals surface area (Å²) >= 11 is 0. The van der Waals surface area contributed by atoms with Gasteiger partial charge in [0.25, 0.3) is 0 Å². The van der Waals surface area contributed by atoms with E-state index in [0.29, 0.717) is 13.0 Å². The van der Waals surface area contributed by atoms with Gasteiger partial charge < -0.3 is 15.4 Å². The Hall–Kier alpha value is -3.34. The molecule has 0 saturated heterocycles. The van der Waals surface area contributed by atoms with E-state index in [2.05, 4.69) is 15.6 Å². The maximum absolute atomic E-state index is 12.0. The molecule has 5 heteroatoms. The molecule has 0 radical (unpaired) electrons. The Labute approximate surface area is 153 Å². The predicted molar refractivity (Wildman–Crippen MR) is 103 cm³/mol. The molecule has 0 aliphatic carbocycles. The Balaban J connectivity index is 1.41. The van der Waals surface area contributed by atoms with Gasteiger partial charge in [-0.1, -0.05) is 18.2 Å². The third-order valence-corrected chi connectivity index (χ3v) is 3.76. The van der Waals surface area contributed by atoms with Gasteiger partial charge in [0.05, 0.1) is 13.0 Å². The third kappa shape index (κ3) is 5.63. The van der Waals surface area contributed by atoms with Crippen LogP contribution >= 0.6 is 0 Å². The van der Waals surface area contributed by atoms with Crippen LogP contribution < -0.4 is 15.4 Å². The number of rotatable bonds is 8. The van der Waals surface area contributed by atoms with E-state index >= 15 is 0 Å². The van der Waals surface area contributed by atoms with Crippen molar-refractivity contribution < 1.29 is 9.53 Å². The first kappa shape index (κ1) is 17.5. The summed E-state index contributed by atoms with van der Waals surface area (Å²) in [5.41, 5.74) is 2.92. The summed E-state index contributed by atoms with van der Waals surface area (Å²) < 4.78 is 5.53. The highest BCUT2D eigenvalue weighted by Gasteiger charge is 2.03. The minimum absolute atomic E-state index is 0.0709. The Kier molecular flexibility index (Phi) is 6.20. The van der Waals surface area contributed by atoms with Gasteiger partial charge in [0.15, 0.2) is 0 Å². The van der Waals surface area contributed by atoms with Crippen molar-refractivity contribution in [3.05, 3.63) is 84.7 Å². The number of carbonyl (C=O) groups is 1. The van der Waals surface area contributed by atoms with Crippen LogP contribution in [0.4, 0.5) is 11.4 Å². The first-order chi connectivity index (χ1) is 12.8. The lowest BCUT2D eigenvalue weighted by Gasteiger charge is -2.09. The quantitative estimate of drug-likeness (QED) is 0.644. The summed E-state index contributed by atoms with van der Waals surface area (Å²) in [7, 11) is 0. The standard InChI is InChI=1S/C21H21N3O2/c25-21(12-15-26-20-4-2-1-3-5-20)24-19-8-6-18(7-9-19)23-16-17-10-13-22-14-11-17/h1-11,13-14,23H,12,15-16H2,(H,24,25). The topological polar surface area (TPSA) is 63.2 Å². The van der Waals surface area contributed by atoms with Crippen LogP contribution in [0.1, 0.15) is 12.0 Å². The molecule has 3 rings (SSSR count). The molecule has 1 amide bonds. The van der Waals surface area contributed by atoms with Gasteiger partial charge in [-0.3, -0.25) is 9.78 Å². The molecule has 0 aliphatic heterocycles. The first-order valence-corrected chi connectivity index (χ1v) is 8.50. The van der Waals surface area contributed by atoms with Gasteiger partial charge in [-0.25, -0.2) is 0 Å². The van der Waals surface area contributed by atoms with E-state index in [4.69, 9.17) is 4.74 Å². The lowest BCUT2D eigenvalue weighted by atomic mass is 10.2. The fourth-order valence-electron chi connectivity index (χ4n) is 2.38. The van der Waals surface area contributed by atoms with Crippen LogP contribution in [-0.4, -0.2) is 17.5 Å². The molecule has 0 aliphatic rings. The molecule has 5 nitrogen and oxygen atoms in total. The average molecular weight is 347 g/mol. The SMILES string of the molecule is O=C(CCOc1ccccc1)Nc1ccc(NCc2ccncc2)cc1. The van der Waals surface area contributed by atoms with E-state index in [9.17, 15) is 4.79 Å². The molecule has 0 atom stereocenters. The molecule has 1 aromatic heterocycles. The van der Waals surface area contributed by atoms with Crippen molar-refractivity contribution in [2.75, 3.05) is 17.2 Å². The van der Waals surface area contributed by atoms with Gasteiger partial charge in [0.2, 0.25) is 5.91 Å². The van der Waals surface area contributed by atoms with Crippen LogP contribution in [0.5, 0.6) is 5.75 Å². The molecule has 2 aromatic carbocycles. The second-order valence-corrected chi connectivity index (χ2v) is 5.75. The van der Waals surface area contributed by atoms with Crippen LogP contribution in [-0.2, 0) is 11.3 Å². The Bertz CT molecular complexity index is 806. The number of amides is 1. The summed E-state index contributed by atoms with van der Waals surface area (Å²) in [4.78, 5) is 16.0. The molecule has 132 valence electrons. The second kappa shape index (κ2) is 9.22. The third-order valence-electron chi connectivity index (χ3n) is 3.76. The molecule has 2 N–H and O–H groups in total. The summed E-state index contributed by atoms with van der Waals surface area (Å²) in [6, 6.07) is 21.1. The Morgan fingerprint density at radius 1 is 0.885 bits per heavy atom. The smallest absolute Gasteiger partial charge is 0.227 e. The largest absolute Gasteiger partial charge is 0.493 e. The number of aromatic nitrogens is 1. The van der Waals surface area contributed by atoms with E-state index in [1.54, 1.807) is 12.4 Å². The van der Waals surface area contributed by atoms with Gasteiger partial charge in [0.1, 0.15) is 5.75 Å². The van der Waals surface area contributed by atoms with E-state index in [1.807, 2.05) is 66.7 Å². The minimum atomic E-state index is -0.0709. The zero-order chi connectivity index (χ0) is 18.0. The van der Waals surface area contributed by atoms with Gasteiger partial charge in [0, 0.05) is 30.3 Å². The molecule has 1 heterocycles. The van der Waals surface area contributed by atoms with Gasteiger partial charge in [-0.05, 0) is 54.1 Å². The normalized spacial score (nSPS) is 10.2.